The second-order valence-corrected chi connectivity index (χ2v) is 9.03. The number of nitrogens with two attached hydrogens (primary N) is 1. The van der Waals surface area contributed by atoms with Crippen molar-refractivity contribution >= 4 is 23.6 Å². The highest BCUT2D eigenvalue weighted by atomic mass is 32.2. The lowest BCUT2D eigenvalue weighted by molar-refractivity contribution is 0.0942. The summed E-state index contributed by atoms with van der Waals surface area (Å²) in [6.45, 7) is 6.85. The summed E-state index contributed by atoms with van der Waals surface area (Å²) in [4.78, 5) is 18.6. The van der Waals surface area contributed by atoms with Gasteiger partial charge in [-0.05, 0) is 66.9 Å². The number of nitrogens with zero attached hydrogens (tertiary/aromatic N) is 3. The summed E-state index contributed by atoms with van der Waals surface area (Å²) in [5.41, 5.74) is 12.2. The van der Waals surface area contributed by atoms with Crippen LogP contribution in [0.4, 0.5) is 0 Å². The molecule has 164 valence electrons. The molecule has 8 heteroatoms. The first-order valence-corrected chi connectivity index (χ1v) is 11.4. The van der Waals surface area contributed by atoms with E-state index < -0.39 is 0 Å². The van der Waals surface area contributed by atoms with E-state index in [2.05, 4.69) is 45.1 Å². The number of aromatic nitrogens is 1. The molecular formula is C23H30N6OS. The Balaban J connectivity index is 1.43. The highest BCUT2D eigenvalue weighted by molar-refractivity contribution is 7.97. The third kappa shape index (κ3) is 4.87. The third-order valence-electron chi connectivity index (χ3n) is 5.92. The first-order chi connectivity index (χ1) is 15.1. The molecule has 2 aliphatic rings. The van der Waals surface area contributed by atoms with Crippen LogP contribution in [-0.2, 0) is 26.6 Å². The molecule has 2 aromatic rings. The minimum absolute atomic E-state index is 0.0454. The predicted molar refractivity (Wildman–Crippen MR) is 126 cm³/mol. The fourth-order valence-corrected chi connectivity index (χ4v) is 5.15. The summed E-state index contributed by atoms with van der Waals surface area (Å²) >= 11 is 1.68. The molecule has 0 bridgehead atoms. The van der Waals surface area contributed by atoms with Crippen molar-refractivity contribution in [1.82, 2.24) is 19.5 Å². The molecule has 0 radical (unpaired) electrons. The van der Waals surface area contributed by atoms with Crippen LogP contribution in [0, 0.1) is 6.92 Å². The van der Waals surface area contributed by atoms with Crippen LogP contribution < -0.4 is 16.4 Å². The lowest BCUT2D eigenvalue weighted by Crippen LogP contribution is -2.30. The van der Waals surface area contributed by atoms with Gasteiger partial charge in [-0.25, -0.2) is 4.31 Å². The summed E-state index contributed by atoms with van der Waals surface area (Å²) < 4.78 is 4.23. The summed E-state index contributed by atoms with van der Waals surface area (Å²) in [5.74, 6) is -0.0454. The average Bonchev–Trinajstić information content (AvgIpc) is 3.06. The van der Waals surface area contributed by atoms with E-state index in [-0.39, 0.29) is 5.91 Å². The van der Waals surface area contributed by atoms with Crippen molar-refractivity contribution in [1.29, 1.82) is 0 Å². The van der Waals surface area contributed by atoms with E-state index in [9.17, 15) is 4.79 Å². The maximum Gasteiger partial charge on any atom is 0.268 e. The van der Waals surface area contributed by atoms with Crippen molar-refractivity contribution in [3.8, 4) is 0 Å². The molecule has 0 saturated heterocycles. The maximum atomic E-state index is 13.0. The lowest BCUT2D eigenvalue weighted by Gasteiger charge is -2.24. The van der Waals surface area contributed by atoms with E-state index in [4.69, 9.17) is 5.73 Å². The van der Waals surface area contributed by atoms with Crippen molar-refractivity contribution in [2.24, 2.45) is 17.8 Å². The van der Waals surface area contributed by atoms with Gasteiger partial charge in [-0.3, -0.25) is 9.79 Å². The molecule has 3 heterocycles. The summed E-state index contributed by atoms with van der Waals surface area (Å²) in [5, 5.41) is 6.53. The Morgan fingerprint density at radius 2 is 2.29 bits per heavy atom. The van der Waals surface area contributed by atoms with Gasteiger partial charge in [0.2, 0.25) is 0 Å². The van der Waals surface area contributed by atoms with Crippen LogP contribution in [0.5, 0.6) is 0 Å². The zero-order valence-corrected chi connectivity index (χ0v) is 19.0. The van der Waals surface area contributed by atoms with E-state index in [1.807, 2.05) is 23.8 Å². The Kier molecular flexibility index (Phi) is 6.80. The second-order valence-electron chi connectivity index (χ2n) is 7.89. The molecule has 1 amide bonds. The first kappa shape index (κ1) is 21.7. The van der Waals surface area contributed by atoms with E-state index in [1.54, 1.807) is 11.9 Å². The van der Waals surface area contributed by atoms with Gasteiger partial charge in [0.1, 0.15) is 5.69 Å². The van der Waals surface area contributed by atoms with Crippen molar-refractivity contribution in [3.05, 3.63) is 64.6 Å². The quantitative estimate of drug-likeness (QED) is 0.602. The van der Waals surface area contributed by atoms with Gasteiger partial charge in [0.05, 0.1) is 18.8 Å². The monoisotopic (exact) mass is 438 g/mol. The molecule has 1 aromatic heterocycles. The maximum absolute atomic E-state index is 13.0. The van der Waals surface area contributed by atoms with Gasteiger partial charge < -0.3 is 20.9 Å². The number of nitrogens with one attached hydrogen (secondary N) is 2. The molecule has 4 rings (SSSR count). The van der Waals surface area contributed by atoms with Gasteiger partial charge in [0.25, 0.3) is 5.91 Å². The third-order valence-corrected chi connectivity index (χ3v) is 7.10. The topological polar surface area (TPSA) is 87.7 Å². The molecule has 1 aromatic carbocycles. The zero-order chi connectivity index (χ0) is 21.8. The Hall–Kier alpha value is -2.55. The van der Waals surface area contributed by atoms with Crippen molar-refractivity contribution in [2.45, 2.75) is 31.3 Å². The number of carbonyl (C=O) groups is 1. The van der Waals surface area contributed by atoms with Gasteiger partial charge >= 0.3 is 0 Å². The van der Waals surface area contributed by atoms with Crippen molar-refractivity contribution < 1.29 is 4.79 Å². The first-order valence-electron chi connectivity index (χ1n) is 10.7. The molecule has 2 aliphatic heterocycles. The fourth-order valence-electron chi connectivity index (χ4n) is 4.07. The Morgan fingerprint density at radius 3 is 3.13 bits per heavy atom. The lowest BCUT2D eigenvalue weighted by atomic mass is 9.95. The standard InChI is InChI=1S/C23H30N6OS/c1-16-22(31-29-11-10-26-19(15-29)6-8-24)12-21(28(16)2)23(30)27-14-18-5-3-4-17-13-25-9-7-20(17)18/h3-6,8,12,25H,7,9-11,13-15,24H2,1-2H3,(H,27,30)/b8-6-. The normalized spacial score (nSPS) is 16.9. The molecule has 0 unspecified atom stereocenters. The van der Waals surface area contributed by atoms with Crippen molar-refractivity contribution in [3.63, 3.8) is 0 Å². The van der Waals surface area contributed by atoms with Crippen molar-refractivity contribution in [2.75, 3.05) is 26.2 Å². The molecular weight excluding hydrogens is 408 g/mol. The molecule has 0 spiro atoms. The number of amides is 1. The SMILES string of the molecule is Cc1c(SN2CCN=C(/C=C\N)C2)cc(C(=O)NCc2cccc3c2CCNC3)n1C. The van der Waals surface area contributed by atoms with Crippen LogP contribution >= 0.6 is 11.9 Å². The zero-order valence-electron chi connectivity index (χ0n) is 18.1. The largest absolute Gasteiger partial charge is 0.405 e. The number of hydrogen-bond acceptors (Lipinski definition) is 6. The van der Waals surface area contributed by atoms with Crippen LogP contribution in [0.1, 0.15) is 32.9 Å². The average molecular weight is 439 g/mol. The molecule has 7 nitrogen and oxygen atoms in total. The van der Waals surface area contributed by atoms with E-state index in [0.717, 1.165) is 55.4 Å². The van der Waals surface area contributed by atoms with E-state index in [0.29, 0.717) is 12.2 Å². The molecule has 0 saturated carbocycles. The number of hydrogen-bond donors (Lipinski definition) is 3. The number of fused-ring (bicyclic) bond motifs is 1. The Morgan fingerprint density at radius 1 is 1.42 bits per heavy atom. The Bertz CT molecular complexity index is 1030. The molecule has 31 heavy (non-hydrogen) atoms. The van der Waals surface area contributed by atoms with E-state index in [1.165, 1.54) is 22.9 Å². The van der Waals surface area contributed by atoms with Crippen LogP contribution in [0.15, 0.2) is 46.4 Å². The summed E-state index contributed by atoms with van der Waals surface area (Å²) in [7, 11) is 1.95. The highest BCUT2D eigenvalue weighted by Gasteiger charge is 2.20. The number of carbonyl (C=O) groups excluding carboxylic acids is 1. The summed E-state index contributed by atoms with van der Waals surface area (Å²) in [6, 6.07) is 8.35. The van der Waals surface area contributed by atoms with Gasteiger partial charge in [-0.15, -0.1) is 0 Å². The van der Waals surface area contributed by atoms with E-state index >= 15 is 0 Å². The molecule has 0 atom stereocenters. The Labute approximate surface area is 187 Å². The predicted octanol–water partition coefficient (Wildman–Crippen LogP) is 2.15. The summed E-state index contributed by atoms with van der Waals surface area (Å²) in [6.07, 6.45) is 4.39. The van der Waals surface area contributed by atoms with Gasteiger partial charge in [0, 0.05) is 37.3 Å². The molecule has 0 fully saturated rings. The number of benzene rings is 1. The van der Waals surface area contributed by atoms with Crippen LogP contribution in [0.2, 0.25) is 0 Å². The number of rotatable bonds is 6. The smallest absolute Gasteiger partial charge is 0.268 e. The van der Waals surface area contributed by atoms with Gasteiger partial charge in [0.15, 0.2) is 0 Å². The van der Waals surface area contributed by atoms with Gasteiger partial charge in [-0.1, -0.05) is 18.2 Å². The van der Waals surface area contributed by atoms with Crippen LogP contribution in [-0.4, -0.2) is 46.7 Å². The fraction of sp³-hybridized carbons (Fsp3) is 0.391. The van der Waals surface area contributed by atoms with Crippen LogP contribution in [0.3, 0.4) is 0 Å². The van der Waals surface area contributed by atoms with Gasteiger partial charge in [-0.2, -0.15) is 0 Å². The molecule has 0 aliphatic carbocycles. The second kappa shape index (κ2) is 9.72. The minimum Gasteiger partial charge on any atom is -0.405 e. The highest BCUT2D eigenvalue weighted by Crippen LogP contribution is 2.29. The number of aliphatic imine (C=N–C) groups is 1. The molecule has 4 N–H and O–H groups in total. The van der Waals surface area contributed by atoms with Crippen LogP contribution in [0.25, 0.3) is 0 Å². The minimum atomic E-state index is -0.0454.